The zero-order chi connectivity index (χ0) is 33.6. The molecule has 5 unspecified atom stereocenters. The van der Waals surface area contributed by atoms with Crippen LogP contribution in [0.5, 0.6) is 0 Å². The summed E-state index contributed by atoms with van der Waals surface area (Å²) in [6, 6.07) is 6.53. The summed E-state index contributed by atoms with van der Waals surface area (Å²) in [4.78, 5) is 64.5. The third-order valence-electron chi connectivity index (χ3n) is 7.20. The van der Waals surface area contributed by atoms with Crippen molar-refractivity contribution >= 4 is 29.8 Å². The minimum atomic E-state index is -1.17. The maximum atomic E-state index is 13.7. The Hall–Kier alpha value is -3.67. The van der Waals surface area contributed by atoms with Gasteiger partial charge in [0.05, 0.1) is 18.3 Å². The molecule has 1 saturated heterocycles. The molecule has 5 atom stereocenters. The molecule has 1 aromatic rings. The summed E-state index contributed by atoms with van der Waals surface area (Å²) < 4.78 is 16.4. The van der Waals surface area contributed by atoms with Crippen molar-refractivity contribution in [3.05, 3.63) is 35.9 Å². The zero-order valence-corrected chi connectivity index (χ0v) is 27.8. The normalized spacial score (nSPS) is 17.4. The number of carbonyl (C=O) groups is 5. The molecule has 0 bridgehead atoms. The van der Waals surface area contributed by atoms with E-state index in [9.17, 15) is 24.0 Å². The van der Waals surface area contributed by atoms with E-state index in [0.717, 1.165) is 5.56 Å². The Kier molecular flexibility index (Phi) is 15.3. The topological polar surface area (TPSA) is 161 Å². The van der Waals surface area contributed by atoms with Gasteiger partial charge in [0.25, 0.3) is 0 Å². The molecule has 1 aliphatic heterocycles. The standard InChI is InChI=1S/C33H52N4O8/c1-8-43-27(38)15-14-25(19-24-16-17-34-29(24)39)35-30(40)26(18-21(2)3)36-31(41)28(22(4)45-33(5,6)7)37-32(42)44-20-23-12-10-9-11-13-23/h9-13,21-22,24-26,28H,8,14-20H2,1-7H3,(H,34,39)(H,35,40)(H,36,41)(H,37,42). The van der Waals surface area contributed by atoms with Gasteiger partial charge in [-0.25, -0.2) is 4.79 Å². The second-order valence-electron chi connectivity index (χ2n) is 12.9. The Labute approximate surface area is 267 Å². The van der Waals surface area contributed by atoms with Crippen molar-refractivity contribution in [3.63, 3.8) is 0 Å². The summed E-state index contributed by atoms with van der Waals surface area (Å²) in [5.74, 6) is -1.79. The predicted molar refractivity (Wildman–Crippen MR) is 169 cm³/mol. The van der Waals surface area contributed by atoms with Gasteiger partial charge >= 0.3 is 12.1 Å². The fraction of sp³-hybridized carbons (Fsp3) is 0.667. The Bertz CT molecular complexity index is 1120. The van der Waals surface area contributed by atoms with Gasteiger partial charge in [0.1, 0.15) is 18.7 Å². The van der Waals surface area contributed by atoms with Crippen LogP contribution in [-0.2, 0) is 40.0 Å². The van der Waals surface area contributed by atoms with E-state index in [2.05, 4.69) is 21.3 Å². The number of ether oxygens (including phenoxy) is 3. The molecule has 45 heavy (non-hydrogen) atoms. The van der Waals surface area contributed by atoms with E-state index in [0.29, 0.717) is 25.8 Å². The quantitative estimate of drug-likeness (QED) is 0.190. The molecule has 1 fully saturated rings. The first-order chi connectivity index (χ1) is 21.2. The van der Waals surface area contributed by atoms with Crippen LogP contribution in [0.3, 0.4) is 0 Å². The van der Waals surface area contributed by atoms with Gasteiger partial charge in [-0.2, -0.15) is 0 Å². The van der Waals surface area contributed by atoms with Gasteiger partial charge in [-0.1, -0.05) is 44.2 Å². The Morgan fingerprint density at radius 1 is 0.978 bits per heavy atom. The molecule has 0 aliphatic carbocycles. The number of carbonyl (C=O) groups excluding carboxylic acids is 5. The minimum absolute atomic E-state index is 0.0140. The van der Waals surface area contributed by atoms with Crippen LogP contribution in [0.25, 0.3) is 0 Å². The van der Waals surface area contributed by atoms with Gasteiger partial charge in [-0.3, -0.25) is 19.2 Å². The molecule has 252 valence electrons. The molecule has 2 rings (SSSR count). The highest BCUT2D eigenvalue weighted by Gasteiger charge is 2.35. The van der Waals surface area contributed by atoms with E-state index in [1.54, 1.807) is 13.8 Å². The van der Waals surface area contributed by atoms with Crippen LogP contribution in [0, 0.1) is 11.8 Å². The number of hydrogen-bond acceptors (Lipinski definition) is 8. The molecule has 0 spiro atoms. The number of nitrogens with one attached hydrogen (secondary N) is 4. The van der Waals surface area contributed by atoms with Crippen molar-refractivity contribution in [1.82, 2.24) is 21.3 Å². The fourth-order valence-electron chi connectivity index (χ4n) is 5.17. The van der Waals surface area contributed by atoms with Gasteiger partial charge in [0.2, 0.25) is 17.7 Å². The van der Waals surface area contributed by atoms with Gasteiger partial charge in [-0.15, -0.1) is 0 Å². The highest BCUT2D eigenvalue weighted by Crippen LogP contribution is 2.20. The second kappa shape index (κ2) is 18.3. The molecule has 12 nitrogen and oxygen atoms in total. The molecule has 1 heterocycles. The lowest BCUT2D eigenvalue weighted by Gasteiger charge is -2.32. The van der Waals surface area contributed by atoms with Crippen molar-refractivity contribution in [1.29, 1.82) is 0 Å². The summed E-state index contributed by atoms with van der Waals surface area (Å²) in [7, 11) is 0. The number of benzene rings is 1. The molecule has 4 amide bonds. The average molecular weight is 633 g/mol. The summed E-state index contributed by atoms with van der Waals surface area (Å²) in [5, 5.41) is 11.2. The van der Waals surface area contributed by atoms with Gasteiger partial charge in [0, 0.05) is 24.9 Å². The van der Waals surface area contributed by atoms with E-state index in [1.165, 1.54) is 0 Å². The van der Waals surface area contributed by atoms with Crippen LogP contribution in [0.2, 0.25) is 0 Å². The summed E-state index contributed by atoms with van der Waals surface area (Å²) in [6.45, 7) is 13.6. The van der Waals surface area contributed by atoms with Crippen LogP contribution in [0.4, 0.5) is 4.79 Å². The summed E-state index contributed by atoms with van der Waals surface area (Å²) >= 11 is 0. The van der Waals surface area contributed by atoms with E-state index >= 15 is 0 Å². The van der Waals surface area contributed by atoms with E-state index in [4.69, 9.17) is 14.2 Å². The lowest BCUT2D eigenvalue weighted by Crippen LogP contribution is -2.59. The summed E-state index contributed by atoms with van der Waals surface area (Å²) in [6.07, 6.45) is 0.0876. The van der Waals surface area contributed by atoms with Crippen molar-refractivity contribution in [2.45, 2.75) is 117 Å². The smallest absolute Gasteiger partial charge is 0.408 e. The number of amides is 4. The number of hydrogen-bond donors (Lipinski definition) is 4. The maximum absolute atomic E-state index is 13.7. The van der Waals surface area contributed by atoms with Crippen LogP contribution < -0.4 is 21.3 Å². The van der Waals surface area contributed by atoms with Gasteiger partial charge in [-0.05, 0) is 71.8 Å². The average Bonchev–Trinajstić information content (AvgIpc) is 3.36. The zero-order valence-electron chi connectivity index (χ0n) is 27.8. The SMILES string of the molecule is CCOC(=O)CCC(CC1CCNC1=O)NC(=O)C(CC(C)C)NC(=O)C(NC(=O)OCc1ccccc1)C(C)OC(C)(C)C. The lowest BCUT2D eigenvalue weighted by atomic mass is 9.94. The second-order valence-corrected chi connectivity index (χ2v) is 12.9. The highest BCUT2D eigenvalue weighted by atomic mass is 16.6. The van der Waals surface area contributed by atoms with E-state index in [-0.39, 0.29) is 49.8 Å². The first-order valence-corrected chi connectivity index (χ1v) is 15.9. The van der Waals surface area contributed by atoms with Crippen LogP contribution >= 0.6 is 0 Å². The fourth-order valence-corrected chi connectivity index (χ4v) is 5.17. The Morgan fingerprint density at radius 2 is 1.67 bits per heavy atom. The number of alkyl carbamates (subject to hydrolysis) is 1. The largest absolute Gasteiger partial charge is 0.466 e. The lowest BCUT2D eigenvalue weighted by molar-refractivity contribution is -0.143. The molecule has 0 radical (unpaired) electrons. The maximum Gasteiger partial charge on any atom is 0.408 e. The highest BCUT2D eigenvalue weighted by molar-refractivity contribution is 5.92. The monoisotopic (exact) mass is 632 g/mol. The van der Waals surface area contributed by atoms with Crippen LogP contribution in [0.1, 0.15) is 86.1 Å². The molecule has 12 heteroatoms. The van der Waals surface area contributed by atoms with Crippen molar-refractivity contribution in [3.8, 4) is 0 Å². The minimum Gasteiger partial charge on any atom is -0.466 e. The summed E-state index contributed by atoms with van der Waals surface area (Å²) in [5.41, 5.74) is 0.162. The van der Waals surface area contributed by atoms with E-state index < -0.39 is 47.7 Å². The first kappa shape index (κ1) is 37.5. The molecular weight excluding hydrogens is 580 g/mol. The van der Waals surface area contributed by atoms with Gasteiger partial charge in [0.15, 0.2) is 0 Å². The Morgan fingerprint density at radius 3 is 2.24 bits per heavy atom. The molecule has 0 saturated carbocycles. The molecule has 4 N–H and O–H groups in total. The molecular formula is C33H52N4O8. The van der Waals surface area contributed by atoms with Crippen LogP contribution in [0.15, 0.2) is 30.3 Å². The first-order valence-electron chi connectivity index (χ1n) is 15.9. The van der Waals surface area contributed by atoms with Crippen LogP contribution in [-0.4, -0.2) is 72.8 Å². The molecule has 1 aromatic carbocycles. The van der Waals surface area contributed by atoms with Crippen molar-refractivity contribution in [2.75, 3.05) is 13.2 Å². The third-order valence-corrected chi connectivity index (χ3v) is 7.20. The van der Waals surface area contributed by atoms with E-state index in [1.807, 2.05) is 65.0 Å². The predicted octanol–water partition coefficient (Wildman–Crippen LogP) is 3.37. The van der Waals surface area contributed by atoms with Gasteiger partial charge < -0.3 is 35.5 Å². The Balaban J connectivity index is 2.19. The van der Waals surface area contributed by atoms with Crippen molar-refractivity contribution in [2.24, 2.45) is 11.8 Å². The number of rotatable bonds is 17. The molecule has 1 aliphatic rings. The third kappa shape index (κ3) is 14.3. The van der Waals surface area contributed by atoms with Crippen molar-refractivity contribution < 1.29 is 38.2 Å². The molecule has 0 aromatic heterocycles. The number of esters is 1.